The lowest BCUT2D eigenvalue weighted by Gasteiger charge is -2.11. The molecule has 2 rings (SSSR count). The van der Waals surface area contributed by atoms with Crippen molar-refractivity contribution >= 4 is 11.5 Å². The van der Waals surface area contributed by atoms with Crippen molar-refractivity contribution in [3.8, 4) is 11.1 Å². The van der Waals surface area contributed by atoms with Crippen molar-refractivity contribution in [1.29, 1.82) is 0 Å². The highest BCUT2D eigenvalue weighted by atomic mass is 19.4. The highest BCUT2D eigenvalue weighted by Crippen LogP contribution is 2.34. The van der Waals surface area contributed by atoms with Crippen molar-refractivity contribution in [2.45, 2.75) is 13.1 Å². The maximum absolute atomic E-state index is 12.7. The summed E-state index contributed by atoms with van der Waals surface area (Å²) in [5, 5.41) is 0. The smallest absolute Gasteiger partial charge is 0.399 e. The van der Waals surface area contributed by atoms with E-state index >= 15 is 0 Å². The Labute approximate surface area is 113 Å². The first kappa shape index (κ1) is 14.0. The first-order chi connectivity index (χ1) is 9.27. The summed E-state index contributed by atoms with van der Waals surface area (Å²) in [4.78, 5) is 15.1. The Morgan fingerprint density at radius 1 is 1.15 bits per heavy atom. The van der Waals surface area contributed by atoms with Gasteiger partial charge in [0, 0.05) is 18.8 Å². The van der Waals surface area contributed by atoms with Crippen LogP contribution in [0, 0.1) is 0 Å². The summed E-state index contributed by atoms with van der Waals surface area (Å²) in [6.45, 7) is 1.34. The number of ketones is 1. The Bertz CT molecular complexity index is 666. The first-order valence-electron chi connectivity index (χ1n) is 5.72. The lowest BCUT2D eigenvalue weighted by molar-refractivity contribution is -0.137. The van der Waals surface area contributed by atoms with Crippen molar-refractivity contribution in [2.75, 3.05) is 5.73 Å². The highest BCUT2D eigenvalue weighted by Gasteiger charge is 2.31. The number of anilines is 1. The third-order valence-corrected chi connectivity index (χ3v) is 2.74. The second kappa shape index (κ2) is 4.96. The molecular formula is C14H11F3N2O. The van der Waals surface area contributed by atoms with Gasteiger partial charge in [0.15, 0.2) is 5.78 Å². The number of nitrogen functional groups attached to an aromatic ring is 1. The van der Waals surface area contributed by atoms with Crippen molar-refractivity contribution < 1.29 is 18.0 Å². The van der Waals surface area contributed by atoms with Crippen molar-refractivity contribution in [3.63, 3.8) is 0 Å². The Morgan fingerprint density at radius 2 is 1.85 bits per heavy atom. The number of alkyl halides is 3. The Kier molecular flexibility index (Phi) is 3.48. The molecule has 1 aromatic heterocycles. The van der Waals surface area contributed by atoms with Gasteiger partial charge in [-0.2, -0.15) is 13.2 Å². The minimum absolute atomic E-state index is 0.0102. The summed E-state index contributed by atoms with van der Waals surface area (Å²) in [6.07, 6.45) is -3.09. The molecule has 0 aliphatic carbocycles. The molecule has 1 heterocycles. The minimum Gasteiger partial charge on any atom is -0.399 e. The van der Waals surface area contributed by atoms with Gasteiger partial charge >= 0.3 is 6.18 Å². The number of carbonyl (C=O) groups excluding carboxylic acids is 1. The van der Waals surface area contributed by atoms with Crippen LogP contribution < -0.4 is 5.73 Å². The van der Waals surface area contributed by atoms with Crippen LogP contribution in [0.3, 0.4) is 0 Å². The Morgan fingerprint density at radius 3 is 2.45 bits per heavy atom. The number of benzene rings is 1. The molecule has 2 N–H and O–H groups in total. The predicted molar refractivity (Wildman–Crippen MR) is 69.1 cm³/mol. The third-order valence-electron chi connectivity index (χ3n) is 2.74. The monoisotopic (exact) mass is 280 g/mol. The molecule has 0 bridgehead atoms. The summed E-state index contributed by atoms with van der Waals surface area (Å²) in [5.41, 5.74) is 5.64. The van der Waals surface area contributed by atoms with E-state index in [2.05, 4.69) is 4.98 Å². The van der Waals surface area contributed by atoms with Crippen LogP contribution in [-0.4, -0.2) is 10.8 Å². The largest absolute Gasteiger partial charge is 0.416 e. The number of Topliss-reactive ketones (excluding diaryl/α,β-unsaturated/α-hetero) is 1. The summed E-state index contributed by atoms with van der Waals surface area (Å²) < 4.78 is 38.2. The third kappa shape index (κ3) is 2.96. The van der Waals surface area contributed by atoms with Crippen LogP contribution >= 0.6 is 0 Å². The second-order valence-electron chi connectivity index (χ2n) is 4.33. The number of pyridine rings is 1. The van der Waals surface area contributed by atoms with Gasteiger partial charge in [-0.15, -0.1) is 0 Å². The van der Waals surface area contributed by atoms with Gasteiger partial charge in [0.2, 0.25) is 0 Å². The van der Waals surface area contributed by atoms with Gasteiger partial charge in [-0.25, -0.2) is 0 Å². The molecule has 0 atom stereocenters. The van der Waals surface area contributed by atoms with Crippen LogP contribution in [0.4, 0.5) is 18.9 Å². The molecule has 0 aliphatic heterocycles. The molecule has 20 heavy (non-hydrogen) atoms. The van der Waals surface area contributed by atoms with E-state index in [1.807, 2.05) is 0 Å². The van der Waals surface area contributed by atoms with E-state index in [-0.39, 0.29) is 17.2 Å². The highest BCUT2D eigenvalue weighted by molar-refractivity contribution is 5.93. The fraction of sp³-hybridized carbons (Fsp3) is 0.143. The van der Waals surface area contributed by atoms with E-state index in [1.54, 1.807) is 0 Å². The summed E-state index contributed by atoms with van der Waals surface area (Å²) in [5.74, 6) is -0.258. The van der Waals surface area contributed by atoms with Gasteiger partial charge in [-0.1, -0.05) is 0 Å². The molecule has 6 heteroatoms. The molecule has 0 amide bonds. The van der Waals surface area contributed by atoms with Crippen LogP contribution in [-0.2, 0) is 6.18 Å². The van der Waals surface area contributed by atoms with Gasteiger partial charge in [-0.3, -0.25) is 9.78 Å². The molecular weight excluding hydrogens is 269 g/mol. The number of hydrogen-bond acceptors (Lipinski definition) is 3. The van der Waals surface area contributed by atoms with Gasteiger partial charge < -0.3 is 5.73 Å². The molecule has 2 aromatic rings. The van der Waals surface area contributed by atoms with Crippen molar-refractivity contribution in [1.82, 2.24) is 4.98 Å². The summed E-state index contributed by atoms with van der Waals surface area (Å²) in [6, 6.07) is 6.26. The van der Waals surface area contributed by atoms with Crippen LogP contribution in [0.1, 0.15) is 23.0 Å². The molecule has 104 valence electrons. The van der Waals surface area contributed by atoms with Crippen molar-refractivity contribution in [3.05, 3.63) is 47.8 Å². The van der Waals surface area contributed by atoms with Crippen LogP contribution in [0.15, 0.2) is 36.5 Å². The zero-order valence-corrected chi connectivity index (χ0v) is 10.5. The number of nitrogens with zero attached hydrogens (tertiary/aromatic N) is 1. The lowest BCUT2D eigenvalue weighted by Crippen LogP contribution is -2.06. The normalized spacial score (nSPS) is 11.4. The second-order valence-corrected chi connectivity index (χ2v) is 4.33. The van der Waals surface area contributed by atoms with Crippen LogP contribution in [0.5, 0.6) is 0 Å². The predicted octanol–water partition coefficient (Wildman–Crippen LogP) is 3.55. The molecule has 0 radical (unpaired) electrons. The van der Waals surface area contributed by atoms with Gasteiger partial charge in [0.05, 0.1) is 5.56 Å². The summed E-state index contributed by atoms with van der Waals surface area (Å²) in [7, 11) is 0. The topological polar surface area (TPSA) is 56.0 Å². The van der Waals surface area contributed by atoms with E-state index < -0.39 is 11.7 Å². The number of carbonyl (C=O) groups is 1. The SMILES string of the molecule is CC(=O)c1cc(-c2cc(N)cc(C(F)(F)F)c2)ccn1. The van der Waals surface area contributed by atoms with E-state index in [4.69, 9.17) is 5.73 Å². The Hall–Kier alpha value is -2.37. The van der Waals surface area contributed by atoms with E-state index in [9.17, 15) is 18.0 Å². The molecule has 0 aliphatic rings. The average Bonchev–Trinajstić information content (AvgIpc) is 2.37. The number of hydrogen-bond donors (Lipinski definition) is 1. The van der Waals surface area contributed by atoms with Gasteiger partial charge in [0.25, 0.3) is 0 Å². The zero-order chi connectivity index (χ0) is 14.9. The van der Waals surface area contributed by atoms with Crippen molar-refractivity contribution in [2.24, 2.45) is 0 Å². The molecule has 0 saturated carbocycles. The number of halogens is 3. The quantitative estimate of drug-likeness (QED) is 0.676. The standard InChI is InChI=1S/C14H11F3N2O/c1-8(20)13-6-9(2-3-19-13)10-4-11(14(15,16)17)7-12(18)5-10/h2-7H,18H2,1H3. The van der Waals surface area contributed by atoms with E-state index in [1.165, 1.54) is 31.3 Å². The van der Waals surface area contributed by atoms with E-state index in [0.29, 0.717) is 11.1 Å². The number of aromatic nitrogens is 1. The molecule has 1 aromatic carbocycles. The van der Waals surface area contributed by atoms with Gasteiger partial charge in [0.1, 0.15) is 5.69 Å². The fourth-order valence-electron chi connectivity index (χ4n) is 1.78. The Balaban J connectivity index is 2.55. The van der Waals surface area contributed by atoms with Crippen LogP contribution in [0.25, 0.3) is 11.1 Å². The molecule has 3 nitrogen and oxygen atoms in total. The number of rotatable bonds is 2. The molecule has 0 unspecified atom stereocenters. The molecule has 0 fully saturated rings. The molecule has 0 saturated heterocycles. The zero-order valence-electron chi connectivity index (χ0n) is 10.5. The van der Waals surface area contributed by atoms with E-state index in [0.717, 1.165) is 12.1 Å². The maximum atomic E-state index is 12.7. The maximum Gasteiger partial charge on any atom is 0.416 e. The average molecular weight is 280 g/mol. The van der Waals surface area contributed by atoms with Crippen LogP contribution in [0.2, 0.25) is 0 Å². The van der Waals surface area contributed by atoms with Gasteiger partial charge in [-0.05, 0) is 41.5 Å². The molecule has 0 spiro atoms. The number of nitrogens with two attached hydrogens (primary N) is 1. The minimum atomic E-state index is -4.47. The first-order valence-corrected chi connectivity index (χ1v) is 5.72. The fourth-order valence-corrected chi connectivity index (χ4v) is 1.78. The summed E-state index contributed by atoms with van der Waals surface area (Å²) >= 11 is 0. The lowest BCUT2D eigenvalue weighted by atomic mass is 10.0.